The molecule has 0 bridgehead atoms. The lowest BCUT2D eigenvalue weighted by Crippen LogP contribution is -2.42. The van der Waals surface area contributed by atoms with Crippen molar-refractivity contribution in [3.63, 3.8) is 0 Å². The highest BCUT2D eigenvalue weighted by atomic mass is 32.2. The van der Waals surface area contributed by atoms with Crippen molar-refractivity contribution in [3.8, 4) is 0 Å². The number of aromatic nitrogens is 3. The molecule has 0 fully saturated rings. The maximum atomic E-state index is 14.0. The Labute approximate surface area is 108 Å². The fourth-order valence-corrected chi connectivity index (χ4v) is 1.93. The van der Waals surface area contributed by atoms with E-state index in [9.17, 15) is 12.9 Å². The standard InChI is InChI=1S/C9H8FN5O3S/c10-14(9-12-6-11-7-13-9)15(19(16,17)18)8-4-2-1-3-5-8/h1-7H,(H,16,17,18). The summed E-state index contributed by atoms with van der Waals surface area (Å²) in [7, 11) is -4.88. The molecule has 0 aliphatic heterocycles. The second-order valence-corrected chi connectivity index (χ2v) is 4.50. The molecule has 0 aliphatic rings. The van der Waals surface area contributed by atoms with Gasteiger partial charge < -0.3 is 0 Å². The molecule has 1 heterocycles. The molecule has 100 valence electrons. The largest absolute Gasteiger partial charge is 0.380 e. The summed E-state index contributed by atoms with van der Waals surface area (Å²) in [5, 5.41) is -0.396. The minimum atomic E-state index is -4.88. The van der Waals surface area contributed by atoms with Gasteiger partial charge >= 0.3 is 10.3 Å². The third kappa shape index (κ3) is 2.92. The molecule has 19 heavy (non-hydrogen) atoms. The number of nitrogens with zero attached hydrogens (tertiary/aromatic N) is 5. The average molecular weight is 285 g/mol. The fraction of sp³-hybridized carbons (Fsp3) is 0. The molecule has 0 unspecified atom stereocenters. The van der Waals surface area contributed by atoms with Crippen molar-refractivity contribution in [2.45, 2.75) is 0 Å². The van der Waals surface area contributed by atoms with Crippen molar-refractivity contribution in [1.29, 1.82) is 0 Å². The highest BCUT2D eigenvalue weighted by molar-refractivity contribution is 7.87. The Balaban J connectivity index is 2.46. The number of anilines is 2. The molecule has 0 aliphatic carbocycles. The van der Waals surface area contributed by atoms with Crippen LogP contribution in [0.3, 0.4) is 0 Å². The van der Waals surface area contributed by atoms with Gasteiger partial charge in [-0.15, -0.1) is 4.41 Å². The van der Waals surface area contributed by atoms with Crippen molar-refractivity contribution in [3.05, 3.63) is 43.0 Å². The number of rotatable bonds is 4. The van der Waals surface area contributed by atoms with Gasteiger partial charge in [0, 0.05) is 0 Å². The second kappa shape index (κ2) is 5.12. The Morgan fingerprint density at radius 1 is 1.11 bits per heavy atom. The van der Waals surface area contributed by atoms with Gasteiger partial charge in [-0.25, -0.2) is 4.98 Å². The summed E-state index contributed by atoms with van der Waals surface area (Å²) in [6.45, 7) is 0. The van der Waals surface area contributed by atoms with E-state index in [1.165, 1.54) is 24.3 Å². The molecule has 0 atom stereocenters. The van der Waals surface area contributed by atoms with E-state index >= 15 is 0 Å². The fourth-order valence-electron chi connectivity index (χ4n) is 1.29. The molecular formula is C9H8FN5O3S. The van der Waals surface area contributed by atoms with E-state index in [-0.39, 0.29) is 10.1 Å². The molecule has 2 aromatic rings. The van der Waals surface area contributed by atoms with Crippen LogP contribution in [0.1, 0.15) is 0 Å². The molecule has 0 spiro atoms. The van der Waals surface area contributed by atoms with Gasteiger partial charge in [0.15, 0.2) is 0 Å². The van der Waals surface area contributed by atoms with Gasteiger partial charge in [-0.3, -0.25) is 4.55 Å². The topological polar surface area (TPSA) is 99.5 Å². The maximum absolute atomic E-state index is 14.0. The number of hydrogen-bond acceptors (Lipinski definition) is 6. The van der Waals surface area contributed by atoms with E-state index in [1.807, 2.05) is 0 Å². The Hall–Kier alpha value is -2.33. The first-order chi connectivity index (χ1) is 9.00. The van der Waals surface area contributed by atoms with Gasteiger partial charge in [0.05, 0.1) is 5.69 Å². The van der Waals surface area contributed by atoms with E-state index in [0.717, 1.165) is 12.7 Å². The minimum absolute atomic E-state index is 0.0162. The number of para-hydroxylation sites is 1. The van der Waals surface area contributed by atoms with E-state index < -0.39 is 21.5 Å². The molecule has 0 radical (unpaired) electrons. The molecule has 0 saturated heterocycles. The summed E-state index contributed by atoms with van der Waals surface area (Å²) in [5.41, 5.74) is -0.118. The quantitative estimate of drug-likeness (QED) is 0.503. The summed E-state index contributed by atoms with van der Waals surface area (Å²) in [4.78, 5) is 10.4. The molecule has 1 aromatic heterocycles. The summed E-state index contributed by atoms with van der Waals surface area (Å²) < 4.78 is 45.7. The lowest BCUT2D eigenvalue weighted by Gasteiger charge is -2.24. The van der Waals surface area contributed by atoms with E-state index in [4.69, 9.17) is 4.55 Å². The zero-order valence-corrected chi connectivity index (χ0v) is 10.1. The van der Waals surface area contributed by atoms with Gasteiger partial charge in [-0.1, -0.05) is 27.9 Å². The predicted molar refractivity (Wildman–Crippen MR) is 63.9 cm³/mol. The first-order valence-electron chi connectivity index (χ1n) is 4.91. The van der Waals surface area contributed by atoms with Crippen LogP contribution in [0.25, 0.3) is 0 Å². The third-order valence-electron chi connectivity index (χ3n) is 2.00. The van der Waals surface area contributed by atoms with Crippen molar-refractivity contribution >= 4 is 21.9 Å². The number of benzene rings is 1. The summed E-state index contributed by atoms with van der Waals surface area (Å²) in [6, 6.07) is 7.16. The minimum Gasteiger partial charge on any atom is -0.268 e. The second-order valence-electron chi connectivity index (χ2n) is 3.25. The van der Waals surface area contributed by atoms with Gasteiger partial charge in [0.2, 0.25) is 0 Å². The van der Waals surface area contributed by atoms with Gasteiger partial charge in [-0.05, 0) is 12.1 Å². The highest BCUT2D eigenvalue weighted by Crippen LogP contribution is 2.22. The van der Waals surface area contributed by atoms with Crippen LogP contribution in [-0.2, 0) is 10.3 Å². The molecule has 0 saturated carbocycles. The lowest BCUT2D eigenvalue weighted by atomic mass is 10.3. The van der Waals surface area contributed by atoms with Crippen molar-refractivity contribution in [1.82, 2.24) is 15.0 Å². The van der Waals surface area contributed by atoms with Crippen molar-refractivity contribution in [2.24, 2.45) is 0 Å². The third-order valence-corrected chi connectivity index (χ3v) is 2.79. The van der Waals surface area contributed by atoms with Crippen LogP contribution in [-0.4, -0.2) is 27.9 Å². The smallest absolute Gasteiger partial charge is 0.268 e. The summed E-state index contributed by atoms with van der Waals surface area (Å²) in [6.07, 6.45) is 1.98. The molecule has 10 heteroatoms. The van der Waals surface area contributed by atoms with E-state index in [0.29, 0.717) is 0 Å². The SMILES string of the molecule is O=S(=O)(O)N(c1ccccc1)N(F)c1ncncn1. The van der Waals surface area contributed by atoms with Crippen LogP contribution in [0.15, 0.2) is 43.0 Å². The van der Waals surface area contributed by atoms with Crippen molar-refractivity contribution in [2.75, 3.05) is 9.65 Å². The molecule has 0 amide bonds. The molecule has 8 nitrogen and oxygen atoms in total. The summed E-state index contributed by atoms with van der Waals surface area (Å²) >= 11 is 0. The first-order valence-corrected chi connectivity index (χ1v) is 6.30. The van der Waals surface area contributed by atoms with E-state index in [2.05, 4.69) is 15.0 Å². The van der Waals surface area contributed by atoms with Gasteiger partial charge in [0.1, 0.15) is 12.7 Å². The Kier molecular flexibility index (Phi) is 3.53. The molecular weight excluding hydrogens is 277 g/mol. The lowest BCUT2D eigenvalue weighted by molar-refractivity contribution is 0.405. The van der Waals surface area contributed by atoms with E-state index in [1.54, 1.807) is 6.07 Å². The zero-order chi connectivity index (χ0) is 13.9. The van der Waals surface area contributed by atoms with Gasteiger partial charge in [-0.2, -0.15) is 18.4 Å². The van der Waals surface area contributed by atoms with Gasteiger partial charge in [0.25, 0.3) is 5.95 Å². The Morgan fingerprint density at radius 3 is 2.21 bits per heavy atom. The van der Waals surface area contributed by atoms with Crippen molar-refractivity contribution < 1.29 is 17.5 Å². The first kappa shape index (κ1) is 13.1. The van der Waals surface area contributed by atoms with Crippen LogP contribution < -0.4 is 9.65 Å². The number of hydrogen-bond donors (Lipinski definition) is 1. The summed E-state index contributed by atoms with van der Waals surface area (Å²) in [5.74, 6) is -0.587. The Morgan fingerprint density at radius 2 is 1.68 bits per heavy atom. The number of hydrazine groups is 1. The monoisotopic (exact) mass is 285 g/mol. The van der Waals surface area contributed by atoms with Crippen LogP contribution in [0.2, 0.25) is 0 Å². The van der Waals surface area contributed by atoms with Crippen LogP contribution >= 0.6 is 0 Å². The normalized spacial score (nSPS) is 11.1. The van der Waals surface area contributed by atoms with Crippen LogP contribution in [0.5, 0.6) is 0 Å². The van der Waals surface area contributed by atoms with Crippen LogP contribution in [0, 0.1) is 0 Å². The average Bonchev–Trinajstić information content (AvgIpc) is 2.39. The number of halogens is 1. The molecule has 1 N–H and O–H groups in total. The molecule has 1 aromatic carbocycles. The zero-order valence-electron chi connectivity index (χ0n) is 9.33. The Bertz CT molecular complexity index is 639. The highest BCUT2D eigenvalue weighted by Gasteiger charge is 2.29. The van der Waals surface area contributed by atoms with Crippen LogP contribution in [0.4, 0.5) is 16.1 Å². The maximum Gasteiger partial charge on any atom is 0.380 e. The predicted octanol–water partition coefficient (Wildman–Crippen LogP) is 0.787. The molecule has 2 rings (SSSR count).